The molecule has 3 rings (SSSR count). The predicted octanol–water partition coefficient (Wildman–Crippen LogP) is 5.05. The SMILES string of the molecule is O=C(Nc1ccc(S(=O)(=O)Nc2ccccc2Cl)cc1)c1ccc(Cl)cc1. The molecule has 0 atom stereocenters. The van der Waals surface area contributed by atoms with Crippen LogP contribution in [0.2, 0.25) is 10.0 Å². The molecule has 0 heterocycles. The maximum atomic E-state index is 12.5. The van der Waals surface area contributed by atoms with Crippen LogP contribution in [-0.4, -0.2) is 14.3 Å². The van der Waals surface area contributed by atoms with Crippen molar-refractivity contribution in [3.8, 4) is 0 Å². The molecular weight excluding hydrogens is 407 g/mol. The van der Waals surface area contributed by atoms with Crippen molar-refractivity contribution in [3.63, 3.8) is 0 Å². The summed E-state index contributed by atoms with van der Waals surface area (Å²) in [6, 6.07) is 18.8. The van der Waals surface area contributed by atoms with Gasteiger partial charge in [-0.15, -0.1) is 0 Å². The van der Waals surface area contributed by atoms with Crippen molar-refractivity contribution >= 4 is 50.5 Å². The summed E-state index contributed by atoms with van der Waals surface area (Å²) >= 11 is 11.8. The average Bonchev–Trinajstić information content (AvgIpc) is 2.64. The second-order valence-electron chi connectivity index (χ2n) is 5.57. The fourth-order valence-corrected chi connectivity index (χ4v) is 3.71. The van der Waals surface area contributed by atoms with Gasteiger partial charge >= 0.3 is 0 Å². The third kappa shape index (κ3) is 4.80. The lowest BCUT2D eigenvalue weighted by molar-refractivity contribution is 0.102. The molecule has 0 bridgehead atoms. The highest BCUT2D eigenvalue weighted by molar-refractivity contribution is 7.92. The maximum Gasteiger partial charge on any atom is 0.261 e. The van der Waals surface area contributed by atoms with Gasteiger partial charge in [0, 0.05) is 16.3 Å². The first-order valence-electron chi connectivity index (χ1n) is 7.79. The van der Waals surface area contributed by atoms with Gasteiger partial charge in [0.1, 0.15) is 0 Å². The number of hydrogen-bond acceptors (Lipinski definition) is 3. The van der Waals surface area contributed by atoms with Gasteiger partial charge in [0.25, 0.3) is 15.9 Å². The zero-order valence-corrected chi connectivity index (χ0v) is 16.1. The average molecular weight is 421 g/mol. The molecule has 138 valence electrons. The number of halogens is 2. The molecule has 3 aromatic rings. The number of hydrogen-bond donors (Lipinski definition) is 2. The Labute approximate surface area is 167 Å². The van der Waals surface area contributed by atoms with Crippen molar-refractivity contribution in [1.82, 2.24) is 0 Å². The smallest absolute Gasteiger partial charge is 0.261 e. The molecule has 0 unspecified atom stereocenters. The number of rotatable bonds is 5. The van der Waals surface area contributed by atoms with E-state index in [1.807, 2.05) is 0 Å². The van der Waals surface area contributed by atoms with Gasteiger partial charge in [-0.2, -0.15) is 0 Å². The third-order valence-electron chi connectivity index (χ3n) is 3.65. The first kappa shape index (κ1) is 19.2. The first-order chi connectivity index (χ1) is 12.8. The molecule has 1 amide bonds. The first-order valence-corrected chi connectivity index (χ1v) is 10.0. The Morgan fingerprint density at radius 1 is 0.815 bits per heavy atom. The summed E-state index contributed by atoms with van der Waals surface area (Å²) in [5.74, 6) is -0.323. The summed E-state index contributed by atoms with van der Waals surface area (Å²) in [5.41, 5.74) is 1.20. The molecule has 0 radical (unpaired) electrons. The molecule has 27 heavy (non-hydrogen) atoms. The summed E-state index contributed by atoms with van der Waals surface area (Å²) in [6.07, 6.45) is 0. The largest absolute Gasteiger partial charge is 0.322 e. The van der Waals surface area contributed by atoms with Gasteiger partial charge < -0.3 is 5.32 Å². The Hall–Kier alpha value is -2.54. The van der Waals surface area contributed by atoms with Crippen LogP contribution >= 0.6 is 23.2 Å². The van der Waals surface area contributed by atoms with Crippen LogP contribution in [0.3, 0.4) is 0 Å². The lowest BCUT2D eigenvalue weighted by Crippen LogP contribution is -2.14. The van der Waals surface area contributed by atoms with Gasteiger partial charge in [-0.1, -0.05) is 35.3 Å². The molecule has 0 aromatic heterocycles. The van der Waals surface area contributed by atoms with Crippen molar-refractivity contribution in [1.29, 1.82) is 0 Å². The van der Waals surface area contributed by atoms with Crippen LogP contribution in [0.1, 0.15) is 10.4 Å². The maximum absolute atomic E-state index is 12.5. The number of nitrogens with one attached hydrogen (secondary N) is 2. The van der Waals surface area contributed by atoms with E-state index in [1.165, 1.54) is 24.3 Å². The number of carbonyl (C=O) groups is 1. The summed E-state index contributed by atoms with van der Waals surface area (Å²) < 4.78 is 27.4. The fourth-order valence-electron chi connectivity index (χ4n) is 2.27. The Morgan fingerprint density at radius 3 is 2.07 bits per heavy atom. The van der Waals surface area contributed by atoms with Gasteiger partial charge in [0.15, 0.2) is 0 Å². The second-order valence-corrected chi connectivity index (χ2v) is 8.10. The summed E-state index contributed by atoms with van der Waals surface area (Å²) in [6.45, 7) is 0. The fraction of sp³-hybridized carbons (Fsp3) is 0. The summed E-state index contributed by atoms with van der Waals surface area (Å²) in [4.78, 5) is 12.2. The molecule has 2 N–H and O–H groups in total. The zero-order chi connectivity index (χ0) is 19.4. The molecule has 0 aliphatic carbocycles. The number of anilines is 2. The van der Waals surface area contributed by atoms with Crippen LogP contribution < -0.4 is 10.0 Å². The van der Waals surface area contributed by atoms with Gasteiger partial charge in [-0.3, -0.25) is 9.52 Å². The van der Waals surface area contributed by atoms with Gasteiger partial charge in [0.2, 0.25) is 0 Å². The van der Waals surface area contributed by atoms with E-state index in [4.69, 9.17) is 23.2 Å². The summed E-state index contributed by atoms with van der Waals surface area (Å²) in [5, 5.41) is 3.53. The molecule has 3 aromatic carbocycles. The molecule has 0 spiro atoms. The normalized spacial score (nSPS) is 11.0. The van der Waals surface area contributed by atoms with E-state index >= 15 is 0 Å². The highest BCUT2D eigenvalue weighted by Crippen LogP contribution is 2.24. The molecule has 0 fully saturated rings. The summed E-state index contributed by atoms with van der Waals surface area (Å²) in [7, 11) is -3.80. The number of benzene rings is 3. The molecule has 0 saturated carbocycles. The van der Waals surface area contributed by atoms with Crippen LogP contribution in [0.25, 0.3) is 0 Å². The van der Waals surface area contributed by atoms with Crippen molar-refractivity contribution in [2.75, 3.05) is 10.0 Å². The number of amides is 1. The van der Waals surface area contributed by atoms with Crippen molar-refractivity contribution in [3.05, 3.63) is 88.4 Å². The zero-order valence-electron chi connectivity index (χ0n) is 13.8. The third-order valence-corrected chi connectivity index (χ3v) is 5.61. The molecule has 0 aliphatic rings. The minimum atomic E-state index is -3.80. The minimum Gasteiger partial charge on any atom is -0.322 e. The minimum absolute atomic E-state index is 0.0481. The Kier molecular flexibility index (Phi) is 5.70. The highest BCUT2D eigenvalue weighted by atomic mass is 35.5. The molecule has 0 aliphatic heterocycles. The predicted molar refractivity (Wildman–Crippen MR) is 108 cm³/mol. The van der Waals surface area contributed by atoms with Crippen LogP contribution in [0.4, 0.5) is 11.4 Å². The van der Waals surface area contributed by atoms with E-state index in [0.717, 1.165) is 0 Å². The standard InChI is InChI=1S/C19H14Cl2N2O3S/c20-14-7-5-13(6-8-14)19(24)22-15-9-11-16(12-10-15)27(25,26)23-18-4-2-1-3-17(18)21/h1-12,23H,(H,22,24). The second kappa shape index (κ2) is 8.00. The van der Waals surface area contributed by atoms with Crippen LogP contribution in [0.5, 0.6) is 0 Å². The lowest BCUT2D eigenvalue weighted by atomic mass is 10.2. The van der Waals surface area contributed by atoms with E-state index in [9.17, 15) is 13.2 Å². The van der Waals surface area contributed by atoms with E-state index in [0.29, 0.717) is 27.0 Å². The topological polar surface area (TPSA) is 75.3 Å². The van der Waals surface area contributed by atoms with E-state index in [2.05, 4.69) is 10.0 Å². The van der Waals surface area contributed by atoms with E-state index < -0.39 is 10.0 Å². The lowest BCUT2D eigenvalue weighted by Gasteiger charge is -2.10. The van der Waals surface area contributed by atoms with E-state index in [-0.39, 0.29) is 10.8 Å². The van der Waals surface area contributed by atoms with Crippen molar-refractivity contribution in [2.45, 2.75) is 4.90 Å². The number of sulfonamides is 1. The van der Waals surface area contributed by atoms with Crippen LogP contribution in [0.15, 0.2) is 77.7 Å². The van der Waals surface area contributed by atoms with Gasteiger partial charge in [-0.25, -0.2) is 8.42 Å². The molecular formula is C19H14Cl2N2O3S. The number of carbonyl (C=O) groups excluding carboxylic acids is 1. The highest BCUT2D eigenvalue weighted by Gasteiger charge is 2.16. The van der Waals surface area contributed by atoms with Gasteiger partial charge in [-0.05, 0) is 60.7 Å². The molecule has 8 heteroatoms. The quantitative estimate of drug-likeness (QED) is 0.606. The van der Waals surface area contributed by atoms with Crippen LogP contribution in [-0.2, 0) is 10.0 Å². The van der Waals surface area contributed by atoms with Crippen molar-refractivity contribution in [2.24, 2.45) is 0 Å². The number of para-hydroxylation sites is 1. The van der Waals surface area contributed by atoms with E-state index in [1.54, 1.807) is 48.5 Å². The van der Waals surface area contributed by atoms with Crippen LogP contribution in [0, 0.1) is 0 Å². The Bertz CT molecular complexity index is 1070. The Morgan fingerprint density at radius 2 is 1.44 bits per heavy atom. The Balaban J connectivity index is 1.73. The molecule has 0 saturated heterocycles. The monoisotopic (exact) mass is 420 g/mol. The van der Waals surface area contributed by atoms with Gasteiger partial charge in [0.05, 0.1) is 15.6 Å². The molecule has 5 nitrogen and oxygen atoms in total. The van der Waals surface area contributed by atoms with Crippen molar-refractivity contribution < 1.29 is 13.2 Å².